The topological polar surface area (TPSA) is 64.1 Å². The molecule has 0 aromatic rings. The Bertz CT molecular complexity index is 110. The lowest BCUT2D eigenvalue weighted by Gasteiger charge is -2.06. The summed E-state index contributed by atoms with van der Waals surface area (Å²) in [5.74, 6) is 0.547. The van der Waals surface area contributed by atoms with Gasteiger partial charge in [0.05, 0.1) is 5.82 Å². The summed E-state index contributed by atoms with van der Waals surface area (Å²) in [6.07, 6.45) is 3.34. The first-order valence-electron chi connectivity index (χ1n) is 4.06. The lowest BCUT2D eigenvalue weighted by Crippen LogP contribution is -2.20. The predicted molar refractivity (Wildman–Crippen MR) is 48.8 cm³/mol. The molecule has 11 heavy (non-hydrogen) atoms. The molecule has 0 aliphatic carbocycles. The van der Waals surface area contributed by atoms with Gasteiger partial charge in [0.15, 0.2) is 0 Å². The Morgan fingerprint density at radius 1 is 1.55 bits per heavy atom. The molecule has 0 aromatic carbocycles. The van der Waals surface area contributed by atoms with Gasteiger partial charge in [-0.3, -0.25) is 0 Å². The summed E-state index contributed by atoms with van der Waals surface area (Å²) in [5, 5.41) is 2.96. The lowest BCUT2D eigenvalue weighted by molar-refractivity contribution is 0.583. The van der Waals surface area contributed by atoms with E-state index in [9.17, 15) is 0 Å². The van der Waals surface area contributed by atoms with E-state index in [2.05, 4.69) is 11.9 Å². The molecule has 3 nitrogen and oxygen atoms in total. The average Bonchev–Trinajstić information content (AvgIpc) is 1.85. The van der Waals surface area contributed by atoms with Gasteiger partial charge in [0.2, 0.25) is 0 Å². The first kappa shape index (κ1) is 10.3. The van der Waals surface area contributed by atoms with E-state index in [0.29, 0.717) is 11.9 Å². The van der Waals surface area contributed by atoms with Crippen molar-refractivity contribution >= 4 is 0 Å². The average molecular weight is 157 g/mol. The molecule has 0 rings (SSSR count). The van der Waals surface area contributed by atoms with Gasteiger partial charge in [-0.25, -0.2) is 0 Å². The Morgan fingerprint density at radius 2 is 2.18 bits per heavy atom. The van der Waals surface area contributed by atoms with Crippen molar-refractivity contribution in [1.82, 2.24) is 5.32 Å². The SMILES string of the molecule is C=C(N)NCCCCC(C)N. The highest BCUT2D eigenvalue weighted by atomic mass is 15.0. The number of hydrogen-bond donors (Lipinski definition) is 3. The molecule has 0 aliphatic heterocycles. The van der Waals surface area contributed by atoms with E-state index in [1.165, 1.54) is 0 Å². The standard InChI is InChI=1S/C8H19N3/c1-7(9)5-3-4-6-11-8(2)10/h7,11H,2-6,9-10H2,1H3. The highest BCUT2D eigenvalue weighted by Gasteiger charge is 1.93. The lowest BCUT2D eigenvalue weighted by atomic mass is 10.1. The van der Waals surface area contributed by atoms with Crippen LogP contribution in [-0.2, 0) is 0 Å². The Labute approximate surface area is 68.8 Å². The third-order valence-corrected chi connectivity index (χ3v) is 1.44. The van der Waals surface area contributed by atoms with Crippen LogP contribution in [0.4, 0.5) is 0 Å². The molecule has 0 heterocycles. The van der Waals surface area contributed by atoms with E-state index in [0.717, 1.165) is 25.8 Å². The minimum atomic E-state index is 0.316. The Balaban J connectivity index is 2.97. The second-order valence-corrected chi connectivity index (χ2v) is 2.93. The first-order chi connectivity index (χ1) is 5.13. The van der Waals surface area contributed by atoms with Gasteiger partial charge in [-0.05, 0) is 19.8 Å². The Morgan fingerprint density at radius 3 is 2.64 bits per heavy atom. The number of nitrogens with one attached hydrogen (secondary N) is 1. The van der Waals surface area contributed by atoms with E-state index in [-0.39, 0.29) is 0 Å². The van der Waals surface area contributed by atoms with Crippen molar-refractivity contribution in [1.29, 1.82) is 0 Å². The van der Waals surface area contributed by atoms with Gasteiger partial charge in [-0.15, -0.1) is 0 Å². The summed E-state index contributed by atoms with van der Waals surface area (Å²) >= 11 is 0. The van der Waals surface area contributed by atoms with Crippen molar-refractivity contribution in [2.75, 3.05) is 6.54 Å². The fraction of sp³-hybridized carbons (Fsp3) is 0.750. The quantitative estimate of drug-likeness (QED) is 0.493. The number of nitrogens with two attached hydrogens (primary N) is 2. The molecule has 0 fully saturated rings. The molecule has 0 radical (unpaired) electrons. The van der Waals surface area contributed by atoms with Gasteiger partial charge in [0.1, 0.15) is 0 Å². The summed E-state index contributed by atoms with van der Waals surface area (Å²) in [4.78, 5) is 0. The summed E-state index contributed by atoms with van der Waals surface area (Å²) in [6, 6.07) is 0.316. The fourth-order valence-corrected chi connectivity index (χ4v) is 0.840. The van der Waals surface area contributed by atoms with Crippen molar-refractivity contribution in [3.8, 4) is 0 Å². The highest BCUT2D eigenvalue weighted by molar-refractivity contribution is 4.81. The van der Waals surface area contributed by atoms with Crippen molar-refractivity contribution in [2.45, 2.75) is 32.2 Å². The second-order valence-electron chi connectivity index (χ2n) is 2.93. The molecule has 0 spiro atoms. The molecule has 0 aromatic heterocycles. The van der Waals surface area contributed by atoms with E-state index >= 15 is 0 Å². The van der Waals surface area contributed by atoms with Crippen LogP contribution in [0.5, 0.6) is 0 Å². The van der Waals surface area contributed by atoms with Crippen LogP contribution in [0.1, 0.15) is 26.2 Å². The monoisotopic (exact) mass is 157 g/mol. The number of hydrogen-bond acceptors (Lipinski definition) is 3. The van der Waals surface area contributed by atoms with Crippen LogP contribution in [0.15, 0.2) is 12.4 Å². The van der Waals surface area contributed by atoms with Gasteiger partial charge >= 0.3 is 0 Å². The minimum absolute atomic E-state index is 0.316. The molecular weight excluding hydrogens is 138 g/mol. The van der Waals surface area contributed by atoms with Gasteiger partial charge in [-0.2, -0.15) is 0 Å². The maximum absolute atomic E-state index is 5.57. The molecule has 0 saturated heterocycles. The van der Waals surface area contributed by atoms with E-state index in [1.54, 1.807) is 0 Å². The number of rotatable bonds is 6. The Kier molecular flexibility index (Phi) is 5.65. The molecule has 0 saturated carbocycles. The van der Waals surface area contributed by atoms with Crippen LogP contribution < -0.4 is 16.8 Å². The fourth-order valence-electron chi connectivity index (χ4n) is 0.840. The van der Waals surface area contributed by atoms with Crippen LogP contribution in [0.25, 0.3) is 0 Å². The van der Waals surface area contributed by atoms with Crippen molar-refractivity contribution in [2.24, 2.45) is 11.5 Å². The molecule has 66 valence electrons. The van der Waals surface area contributed by atoms with Gasteiger partial charge in [0.25, 0.3) is 0 Å². The molecule has 0 aliphatic rings. The second kappa shape index (κ2) is 6.04. The Hall–Kier alpha value is -0.700. The zero-order valence-corrected chi connectivity index (χ0v) is 7.27. The van der Waals surface area contributed by atoms with Crippen molar-refractivity contribution in [3.05, 3.63) is 12.4 Å². The maximum atomic E-state index is 5.57. The summed E-state index contributed by atoms with van der Waals surface area (Å²) < 4.78 is 0. The molecule has 1 atom stereocenters. The van der Waals surface area contributed by atoms with Crippen molar-refractivity contribution in [3.63, 3.8) is 0 Å². The summed E-state index contributed by atoms with van der Waals surface area (Å²) in [6.45, 7) is 6.46. The third-order valence-electron chi connectivity index (χ3n) is 1.44. The minimum Gasteiger partial charge on any atom is -0.386 e. The molecule has 0 amide bonds. The van der Waals surface area contributed by atoms with Crippen LogP contribution in [0.2, 0.25) is 0 Å². The van der Waals surface area contributed by atoms with E-state index in [1.807, 2.05) is 6.92 Å². The molecule has 5 N–H and O–H groups in total. The largest absolute Gasteiger partial charge is 0.386 e. The van der Waals surface area contributed by atoms with Crippen LogP contribution in [0, 0.1) is 0 Å². The molecule has 3 heteroatoms. The first-order valence-corrected chi connectivity index (χ1v) is 4.06. The van der Waals surface area contributed by atoms with Gasteiger partial charge < -0.3 is 16.8 Å². The van der Waals surface area contributed by atoms with E-state index in [4.69, 9.17) is 11.5 Å². The predicted octanol–water partition coefficient (Wildman–Crippen LogP) is 0.523. The zero-order chi connectivity index (χ0) is 8.69. The molecule has 1 unspecified atom stereocenters. The summed E-state index contributed by atoms with van der Waals surface area (Å²) in [7, 11) is 0. The molecule has 0 bridgehead atoms. The van der Waals surface area contributed by atoms with Crippen molar-refractivity contribution < 1.29 is 0 Å². The highest BCUT2D eigenvalue weighted by Crippen LogP contribution is 1.96. The zero-order valence-electron chi connectivity index (χ0n) is 7.27. The smallest absolute Gasteiger partial charge is 0.0885 e. The van der Waals surface area contributed by atoms with E-state index < -0.39 is 0 Å². The van der Waals surface area contributed by atoms with Crippen LogP contribution in [0.3, 0.4) is 0 Å². The van der Waals surface area contributed by atoms with Gasteiger partial charge in [0, 0.05) is 12.6 Å². The maximum Gasteiger partial charge on any atom is 0.0885 e. The third kappa shape index (κ3) is 9.30. The normalized spacial score (nSPS) is 12.5. The van der Waals surface area contributed by atoms with Gasteiger partial charge in [-0.1, -0.05) is 13.0 Å². The van der Waals surface area contributed by atoms with Crippen LogP contribution in [-0.4, -0.2) is 12.6 Å². The molecular formula is C8H19N3. The van der Waals surface area contributed by atoms with Crippen LogP contribution >= 0.6 is 0 Å². The number of unbranched alkanes of at least 4 members (excludes halogenated alkanes) is 1. The summed E-state index contributed by atoms with van der Waals surface area (Å²) in [5.41, 5.74) is 10.9.